The highest BCUT2D eigenvalue weighted by atomic mass is 35.5. The number of aliphatic hydroxyl groups is 1. The van der Waals surface area contributed by atoms with Crippen LogP contribution in [0.1, 0.15) is 6.42 Å². The number of rotatable bonds is 7. The molecule has 1 aliphatic rings. The van der Waals surface area contributed by atoms with Crippen molar-refractivity contribution in [1.29, 1.82) is 0 Å². The summed E-state index contributed by atoms with van der Waals surface area (Å²) in [5.41, 5.74) is -0.103. The largest absolute Gasteiger partial charge is 0.486 e. The zero-order valence-electron chi connectivity index (χ0n) is 11.4. The van der Waals surface area contributed by atoms with Crippen LogP contribution >= 0.6 is 11.6 Å². The van der Waals surface area contributed by atoms with Gasteiger partial charge in [-0.15, -0.1) is 0 Å². The second kappa shape index (κ2) is 7.04. The average molecular weight is 318 g/mol. The lowest BCUT2D eigenvalue weighted by Crippen LogP contribution is -2.55. The van der Waals surface area contributed by atoms with E-state index in [2.05, 4.69) is 0 Å². The predicted octanol–water partition coefficient (Wildman–Crippen LogP) is 1.79. The lowest BCUT2D eigenvalue weighted by atomic mass is 9.88. The van der Waals surface area contributed by atoms with Crippen molar-refractivity contribution in [3.63, 3.8) is 0 Å². The highest BCUT2D eigenvalue weighted by Crippen LogP contribution is 2.34. The Morgan fingerprint density at radius 1 is 1.48 bits per heavy atom. The Kier molecular flexibility index (Phi) is 5.35. The van der Waals surface area contributed by atoms with Crippen LogP contribution in [0.2, 0.25) is 5.02 Å². The second-order valence-electron chi connectivity index (χ2n) is 4.66. The Balaban J connectivity index is 1.96. The fourth-order valence-corrected chi connectivity index (χ4v) is 2.24. The van der Waals surface area contributed by atoms with E-state index < -0.39 is 17.1 Å². The molecular formula is C13H16ClNO6. The second-order valence-corrected chi connectivity index (χ2v) is 5.07. The van der Waals surface area contributed by atoms with Gasteiger partial charge < -0.3 is 19.3 Å². The van der Waals surface area contributed by atoms with Gasteiger partial charge in [0.1, 0.15) is 18.0 Å². The lowest BCUT2D eigenvalue weighted by molar-refractivity contribution is -0.384. The van der Waals surface area contributed by atoms with Crippen molar-refractivity contribution in [2.45, 2.75) is 24.7 Å². The number of methoxy groups -OCH3 is 1. The molecule has 0 aliphatic heterocycles. The van der Waals surface area contributed by atoms with Gasteiger partial charge in [0.05, 0.1) is 29.3 Å². The summed E-state index contributed by atoms with van der Waals surface area (Å²) in [5.74, 6) is 0.333. The molecule has 3 unspecified atom stereocenters. The fraction of sp³-hybridized carbons (Fsp3) is 0.538. The normalized spacial score (nSPS) is 24.4. The summed E-state index contributed by atoms with van der Waals surface area (Å²) in [6, 6.07) is 3.99. The van der Waals surface area contributed by atoms with E-state index in [0.29, 0.717) is 25.4 Å². The molecule has 1 N–H and O–H groups in total. The first kappa shape index (κ1) is 16.0. The van der Waals surface area contributed by atoms with Crippen LogP contribution in [-0.4, -0.2) is 48.7 Å². The SMILES string of the molecule is COCCOC1C(O)CC1Oc1ccc([N+](=O)[O-])cc1Cl. The lowest BCUT2D eigenvalue weighted by Gasteiger charge is -2.40. The Morgan fingerprint density at radius 3 is 2.81 bits per heavy atom. The highest BCUT2D eigenvalue weighted by Gasteiger charge is 2.43. The molecule has 0 aromatic heterocycles. The van der Waals surface area contributed by atoms with Gasteiger partial charge in [-0.05, 0) is 6.07 Å². The number of hydrogen-bond acceptors (Lipinski definition) is 6. The van der Waals surface area contributed by atoms with E-state index in [4.69, 9.17) is 25.8 Å². The van der Waals surface area contributed by atoms with Crippen LogP contribution in [0.4, 0.5) is 5.69 Å². The first-order chi connectivity index (χ1) is 10.0. The molecule has 3 atom stereocenters. The number of benzene rings is 1. The van der Waals surface area contributed by atoms with Crippen molar-refractivity contribution in [1.82, 2.24) is 0 Å². The molecule has 0 spiro atoms. The Hall–Kier alpha value is -1.41. The van der Waals surface area contributed by atoms with Gasteiger partial charge in [-0.2, -0.15) is 0 Å². The molecule has 1 saturated carbocycles. The number of nitro benzene ring substituents is 1. The summed E-state index contributed by atoms with van der Waals surface area (Å²) in [4.78, 5) is 10.1. The Morgan fingerprint density at radius 2 is 2.24 bits per heavy atom. The maximum absolute atomic E-state index is 10.6. The molecule has 116 valence electrons. The molecule has 1 aromatic carbocycles. The van der Waals surface area contributed by atoms with Crippen molar-refractivity contribution in [2.75, 3.05) is 20.3 Å². The Bertz CT molecular complexity index is 511. The van der Waals surface area contributed by atoms with Gasteiger partial charge in [0, 0.05) is 25.7 Å². The Labute approximate surface area is 126 Å². The maximum Gasteiger partial charge on any atom is 0.271 e. The number of non-ortho nitro benzene ring substituents is 1. The topological polar surface area (TPSA) is 91.1 Å². The van der Waals surface area contributed by atoms with Gasteiger partial charge in [-0.25, -0.2) is 0 Å². The molecule has 0 saturated heterocycles. The smallest absolute Gasteiger partial charge is 0.271 e. The van der Waals surface area contributed by atoms with Gasteiger partial charge in [-0.3, -0.25) is 10.1 Å². The highest BCUT2D eigenvalue weighted by molar-refractivity contribution is 6.32. The molecule has 0 heterocycles. The number of nitrogens with zero attached hydrogens (tertiary/aromatic N) is 1. The quantitative estimate of drug-likeness (QED) is 0.468. The minimum Gasteiger partial charge on any atom is -0.486 e. The molecule has 21 heavy (non-hydrogen) atoms. The molecule has 8 heteroatoms. The van der Waals surface area contributed by atoms with Crippen LogP contribution in [0.25, 0.3) is 0 Å². The molecule has 1 aliphatic carbocycles. The zero-order chi connectivity index (χ0) is 15.4. The molecule has 0 radical (unpaired) electrons. The van der Waals surface area contributed by atoms with Gasteiger partial charge in [0.15, 0.2) is 0 Å². The first-order valence-corrected chi connectivity index (χ1v) is 6.80. The average Bonchev–Trinajstić information content (AvgIpc) is 2.44. The standard InChI is InChI=1S/C13H16ClNO6/c1-19-4-5-20-13-10(16)7-12(13)21-11-3-2-8(15(17)18)6-9(11)14/h2-3,6,10,12-13,16H,4-5,7H2,1H3. The third kappa shape index (κ3) is 3.82. The molecule has 1 aromatic rings. The van der Waals surface area contributed by atoms with Crippen molar-refractivity contribution in [3.05, 3.63) is 33.3 Å². The summed E-state index contributed by atoms with van der Waals surface area (Å²) in [5, 5.41) is 20.5. The van der Waals surface area contributed by atoms with Crippen LogP contribution in [0.15, 0.2) is 18.2 Å². The van der Waals surface area contributed by atoms with Gasteiger partial charge in [-0.1, -0.05) is 11.6 Å². The summed E-state index contributed by atoms with van der Waals surface area (Å²) >= 11 is 5.96. The van der Waals surface area contributed by atoms with Crippen LogP contribution in [0.3, 0.4) is 0 Å². The number of hydrogen-bond donors (Lipinski definition) is 1. The molecule has 2 rings (SSSR count). The van der Waals surface area contributed by atoms with Crippen LogP contribution in [0.5, 0.6) is 5.75 Å². The van der Waals surface area contributed by atoms with Crippen molar-refractivity contribution in [3.8, 4) is 5.75 Å². The molecule has 1 fully saturated rings. The minimum absolute atomic E-state index is 0.103. The number of aliphatic hydroxyl groups excluding tert-OH is 1. The van der Waals surface area contributed by atoms with Gasteiger partial charge in [0.25, 0.3) is 5.69 Å². The molecule has 0 amide bonds. The number of nitro groups is 1. The predicted molar refractivity (Wildman–Crippen MR) is 74.8 cm³/mol. The van der Waals surface area contributed by atoms with Crippen LogP contribution < -0.4 is 4.74 Å². The zero-order valence-corrected chi connectivity index (χ0v) is 12.2. The van der Waals surface area contributed by atoms with E-state index in [1.54, 1.807) is 7.11 Å². The van der Waals surface area contributed by atoms with E-state index >= 15 is 0 Å². The molecular weight excluding hydrogens is 302 g/mol. The van der Waals surface area contributed by atoms with Crippen LogP contribution in [0, 0.1) is 10.1 Å². The monoisotopic (exact) mass is 317 g/mol. The van der Waals surface area contributed by atoms with E-state index in [1.807, 2.05) is 0 Å². The fourth-order valence-electron chi connectivity index (χ4n) is 2.02. The number of halogens is 1. The van der Waals surface area contributed by atoms with Crippen LogP contribution in [-0.2, 0) is 9.47 Å². The third-order valence-electron chi connectivity index (χ3n) is 3.22. The summed E-state index contributed by atoms with van der Waals surface area (Å²) in [7, 11) is 1.56. The number of ether oxygens (including phenoxy) is 3. The molecule has 7 nitrogen and oxygen atoms in total. The third-order valence-corrected chi connectivity index (χ3v) is 3.52. The van der Waals surface area contributed by atoms with Crippen molar-refractivity contribution >= 4 is 17.3 Å². The van der Waals surface area contributed by atoms with E-state index in [9.17, 15) is 15.2 Å². The van der Waals surface area contributed by atoms with Crippen molar-refractivity contribution < 1.29 is 24.2 Å². The molecule has 0 bridgehead atoms. The summed E-state index contributed by atoms with van der Waals surface area (Å²) in [6.45, 7) is 0.778. The summed E-state index contributed by atoms with van der Waals surface area (Å²) < 4.78 is 16.0. The maximum atomic E-state index is 10.6. The van der Waals surface area contributed by atoms with Gasteiger partial charge in [0.2, 0.25) is 0 Å². The minimum atomic E-state index is -0.594. The van der Waals surface area contributed by atoms with Gasteiger partial charge >= 0.3 is 0 Å². The summed E-state index contributed by atoms with van der Waals surface area (Å²) in [6.07, 6.45) is -0.962. The van der Waals surface area contributed by atoms with Crippen molar-refractivity contribution in [2.24, 2.45) is 0 Å². The first-order valence-electron chi connectivity index (χ1n) is 6.42. The van der Waals surface area contributed by atoms with E-state index in [1.165, 1.54) is 18.2 Å². The van der Waals surface area contributed by atoms with E-state index in [0.717, 1.165) is 0 Å². The van der Waals surface area contributed by atoms with E-state index in [-0.39, 0.29) is 16.8 Å².